The fraction of sp³-hybridized carbons (Fsp3) is 0.714. The van der Waals surface area contributed by atoms with Gasteiger partial charge in [-0.25, -0.2) is 8.42 Å². The fourth-order valence-electron chi connectivity index (χ4n) is 5.02. The molecular formula is C21H31NO3S. The minimum atomic E-state index is -2.90. The highest BCUT2D eigenvalue weighted by atomic mass is 32.2. The average Bonchev–Trinajstić information content (AvgIpc) is 3.03. The number of fused-ring (bicyclic) bond motifs is 2. The average molecular weight is 378 g/mol. The monoisotopic (exact) mass is 377 g/mol. The molecule has 2 aliphatic heterocycles. The van der Waals surface area contributed by atoms with Gasteiger partial charge in [-0.3, -0.25) is 0 Å². The lowest BCUT2D eigenvalue weighted by Gasteiger charge is -2.39. The van der Waals surface area contributed by atoms with Gasteiger partial charge in [-0.2, -0.15) is 0 Å². The number of nitrogens with zero attached hydrogens (tertiary/aromatic N) is 1. The van der Waals surface area contributed by atoms with Gasteiger partial charge in [-0.05, 0) is 49.8 Å². The van der Waals surface area contributed by atoms with Crippen LogP contribution in [0.15, 0.2) is 24.3 Å². The van der Waals surface area contributed by atoms with E-state index in [0.717, 1.165) is 71.2 Å². The maximum absolute atomic E-state index is 12.5. The first-order chi connectivity index (χ1) is 12.6. The quantitative estimate of drug-likeness (QED) is 0.786. The van der Waals surface area contributed by atoms with Crippen LogP contribution in [-0.2, 0) is 26.8 Å². The molecule has 0 aromatic heterocycles. The van der Waals surface area contributed by atoms with Gasteiger partial charge in [0.2, 0.25) is 0 Å². The van der Waals surface area contributed by atoms with E-state index in [1.165, 1.54) is 17.5 Å². The van der Waals surface area contributed by atoms with Crippen molar-refractivity contribution in [1.82, 2.24) is 4.90 Å². The summed E-state index contributed by atoms with van der Waals surface area (Å²) < 4.78 is 31.3. The van der Waals surface area contributed by atoms with Crippen LogP contribution in [0.3, 0.4) is 0 Å². The summed E-state index contributed by atoms with van der Waals surface area (Å²) in [6.45, 7) is 3.62. The van der Waals surface area contributed by atoms with Crippen molar-refractivity contribution < 1.29 is 13.2 Å². The van der Waals surface area contributed by atoms with Crippen molar-refractivity contribution in [3.05, 3.63) is 35.4 Å². The SMILES string of the molecule is O=S(=O)(CCCN1CCC2(CC1)OCc1ccccc12)C1CCCCC1. The first-order valence-corrected chi connectivity index (χ1v) is 12.0. The van der Waals surface area contributed by atoms with Crippen molar-refractivity contribution in [3.63, 3.8) is 0 Å². The van der Waals surface area contributed by atoms with Crippen molar-refractivity contribution in [1.29, 1.82) is 0 Å². The molecule has 0 bridgehead atoms. The van der Waals surface area contributed by atoms with Gasteiger partial charge in [0.15, 0.2) is 9.84 Å². The first kappa shape index (κ1) is 18.5. The second kappa shape index (κ2) is 7.61. The van der Waals surface area contributed by atoms with Crippen LogP contribution in [0.25, 0.3) is 0 Å². The Morgan fingerprint density at radius 3 is 2.58 bits per heavy atom. The molecule has 0 N–H and O–H groups in total. The molecule has 2 fully saturated rings. The summed E-state index contributed by atoms with van der Waals surface area (Å²) in [6, 6.07) is 8.59. The van der Waals surface area contributed by atoms with Gasteiger partial charge in [0.25, 0.3) is 0 Å². The lowest BCUT2D eigenvalue weighted by Crippen LogP contribution is -2.43. The van der Waals surface area contributed by atoms with E-state index in [2.05, 4.69) is 29.2 Å². The van der Waals surface area contributed by atoms with E-state index >= 15 is 0 Å². The van der Waals surface area contributed by atoms with Crippen LogP contribution >= 0.6 is 0 Å². The molecule has 0 amide bonds. The smallest absolute Gasteiger partial charge is 0.153 e. The van der Waals surface area contributed by atoms with Gasteiger partial charge in [0.05, 0.1) is 23.2 Å². The number of piperidine rings is 1. The molecule has 1 spiro atoms. The molecule has 0 atom stereocenters. The van der Waals surface area contributed by atoms with Crippen molar-refractivity contribution in [2.45, 2.75) is 68.8 Å². The summed E-state index contributed by atoms with van der Waals surface area (Å²) >= 11 is 0. The standard InChI is InChI=1S/C21H31NO3S/c23-26(24,19-8-2-1-3-9-19)16-6-13-22-14-11-21(12-15-22)20-10-5-4-7-18(20)17-25-21/h4-5,7,10,19H,1-3,6,8-9,11-17H2. The molecule has 4 rings (SSSR count). The van der Waals surface area contributed by atoms with Crippen LogP contribution in [0.4, 0.5) is 0 Å². The second-order valence-corrected chi connectivity index (χ2v) is 10.7. The van der Waals surface area contributed by atoms with Crippen LogP contribution in [0, 0.1) is 0 Å². The van der Waals surface area contributed by atoms with E-state index in [9.17, 15) is 8.42 Å². The topological polar surface area (TPSA) is 46.6 Å². The second-order valence-electron chi connectivity index (χ2n) is 8.26. The van der Waals surface area contributed by atoms with Crippen LogP contribution in [0.2, 0.25) is 0 Å². The molecule has 1 saturated carbocycles. The number of ether oxygens (including phenoxy) is 1. The first-order valence-electron chi connectivity index (χ1n) is 10.3. The van der Waals surface area contributed by atoms with Crippen LogP contribution < -0.4 is 0 Å². The highest BCUT2D eigenvalue weighted by molar-refractivity contribution is 7.92. The van der Waals surface area contributed by atoms with E-state index in [-0.39, 0.29) is 10.9 Å². The minimum absolute atomic E-state index is 0.0655. The van der Waals surface area contributed by atoms with Crippen LogP contribution in [0.5, 0.6) is 0 Å². The molecule has 3 aliphatic rings. The Hall–Kier alpha value is -0.910. The van der Waals surface area contributed by atoms with E-state index in [0.29, 0.717) is 5.75 Å². The maximum atomic E-state index is 12.5. The molecule has 1 aliphatic carbocycles. The third-order valence-electron chi connectivity index (χ3n) is 6.64. The number of hydrogen-bond donors (Lipinski definition) is 0. The van der Waals surface area contributed by atoms with Crippen molar-refractivity contribution in [2.75, 3.05) is 25.4 Å². The van der Waals surface area contributed by atoms with Crippen molar-refractivity contribution in [3.8, 4) is 0 Å². The number of sulfone groups is 1. The van der Waals surface area contributed by atoms with Gasteiger partial charge < -0.3 is 9.64 Å². The van der Waals surface area contributed by atoms with E-state index in [1.807, 2.05) is 0 Å². The van der Waals surface area contributed by atoms with Crippen LogP contribution in [-0.4, -0.2) is 44.0 Å². The van der Waals surface area contributed by atoms with E-state index in [4.69, 9.17) is 4.74 Å². The molecule has 26 heavy (non-hydrogen) atoms. The summed E-state index contributed by atoms with van der Waals surface area (Å²) in [4.78, 5) is 2.42. The molecular weight excluding hydrogens is 346 g/mol. The summed E-state index contributed by atoms with van der Waals surface area (Å²) in [5, 5.41) is -0.0655. The van der Waals surface area contributed by atoms with Gasteiger partial charge in [0.1, 0.15) is 0 Å². The molecule has 1 aromatic rings. The molecule has 1 aromatic carbocycles. The zero-order valence-corrected chi connectivity index (χ0v) is 16.5. The Morgan fingerprint density at radius 1 is 1.08 bits per heavy atom. The van der Waals surface area contributed by atoms with E-state index in [1.54, 1.807) is 0 Å². The van der Waals surface area contributed by atoms with Gasteiger partial charge >= 0.3 is 0 Å². The highest BCUT2D eigenvalue weighted by Crippen LogP contribution is 2.43. The van der Waals surface area contributed by atoms with Gasteiger partial charge in [0, 0.05) is 13.1 Å². The molecule has 144 valence electrons. The summed E-state index contributed by atoms with van der Waals surface area (Å²) in [5.41, 5.74) is 2.61. The Labute approximate surface area is 157 Å². The molecule has 0 radical (unpaired) electrons. The predicted octanol–water partition coefficient (Wildman–Crippen LogP) is 3.65. The predicted molar refractivity (Wildman–Crippen MR) is 104 cm³/mol. The van der Waals surface area contributed by atoms with Crippen LogP contribution in [0.1, 0.15) is 62.5 Å². The molecule has 1 saturated heterocycles. The Balaban J connectivity index is 1.26. The molecule has 0 unspecified atom stereocenters. The van der Waals surface area contributed by atoms with Crippen molar-refractivity contribution >= 4 is 9.84 Å². The summed E-state index contributed by atoms with van der Waals surface area (Å²) in [7, 11) is -2.90. The molecule has 2 heterocycles. The van der Waals surface area contributed by atoms with E-state index < -0.39 is 9.84 Å². The lowest BCUT2D eigenvalue weighted by atomic mass is 9.84. The molecule has 5 heteroatoms. The summed E-state index contributed by atoms with van der Waals surface area (Å²) in [5.74, 6) is 0.360. The summed E-state index contributed by atoms with van der Waals surface area (Å²) in [6.07, 6.45) is 7.92. The third-order valence-corrected chi connectivity index (χ3v) is 8.98. The highest BCUT2D eigenvalue weighted by Gasteiger charge is 2.42. The maximum Gasteiger partial charge on any atom is 0.153 e. The minimum Gasteiger partial charge on any atom is -0.365 e. The zero-order chi connectivity index (χ0) is 18.0. The Morgan fingerprint density at radius 2 is 1.81 bits per heavy atom. The fourth-order valence-corrected chi connectivity index (χ4v) is 6.93. The molecule has 4 nitrogen and oxygen atoms in total. The normalized spacial score (nSPS) is 24.0. The van der Waals surface area contributed by atoms with Gasteiger partial charge in [-0.1, -0.05) is 43.5 Å². The lowest BCUT2D eigenvalue weighted by molar-refractivity contribution is -0.0786. The number of rotatable bonds is 5. The van der Waals surface area contributed by atoms with Crippen molar-refractivity contribution in [2.24, 2.45) is 0 Å². The Bertz CT molecular complexity index is 717. The number of likely N-dealkylation sites (tertiary alicyclic amines) is 1. The van der Waals surface area contributed by atoms with Gasteiger partial charge in [-0.15, -0.1) is 0 Å². The third kappa shape index (κ3) is 3.71. The number of benzene rings is 1. The largest absolute Gasteiger partial charge is 0.365 e. The zero-order valence-electron chi connectivity index (χ0n) is 15.7. The number of hydrogen-bond acceptors (Lipinski definition) is 4. The Kier molecular flexibility index (Phi) is 5.40.